The fourth-order valence-corrected chi connectivity index (χ4v) is 3.12. The van der Waals surface area contributed by atoms with E-state index in [1.165, 1.54) is 11.3 Å². The van der Waals surface area contributed by atoms with E-state index in [1.54, 1.807) is 42.5 Å². The Hall–Kier alpha value is -2.54. The minimum absolute atomic E-state index is 0.147. The highest BCUT2D eigenvalue weighted by Crippen LogP contribution is 2.31. The summed E-state index contributed by atoms with van der Waals surface area (Å²) in [5, 5.41) is 6.29. The average Bonchev–Trinajstić information content (AvgIpc) is 3.22. The zero-order valence-corrected chi connectivity index (χ0v) is 16.2. The molecule has 3 rings (SSSR count). The summed E-state index contributed by atoms with van der Waals surface area (Å²) < 4.78 is 5.67. The van der Waals surface area contributed by atoms with Crippen LogP contribution in [0.4, 0.5) is 0 Å². The van der Waals surface area contributed by atoms with Gasteiger partial charge in [0, 0.05) is 0 Å². The number of halogens is 2. The van der Waals surface area contributed by atoms with Crippen molar-refractivity contribution >= 4 is 46.3 Å². The van der Waals surface area contributed by atoms with Crippen LogP contribution < -0.4 is 10.5 Å². The molecule has 0 unspecified atom stereocenters. The predicted octanol–water partition coefficient (Wildman–Crippen LogP) is 5.11. The number of rotatable bonds is 6. The topological polar surface area (TPSA) is 73.9 Å². The molecule has 0 spiro atoms. The predicted molar refractivity (Wildman–Crippen MR) is 108 cm³/mol. The molecule has 0 amide bonds. The van der Waals surface area contributed by atoms with Crippen LogP contribution in [0.5, 0.6) is 5.75 Å². The lowest BCUT2D eigenvalue weighted by Crippen LogP contribution is -2.13. The number of nitrogens with zero attached hydrogens (tertiary/aromatic N) is 1. The van der Waals surface area contributed by atoms with Crippen LogP contribution in [0.2, 0.25) is 10.0 Å². The number of amidine groups is 1. The third-order valence-corrected chi connectivity index (χ3v) is 5.17. The SMILES string of the molecule is N/C(=N\OC(=O)c1cccc(COc2cccc(Cl)c2Cl)c1)c1cccs1. The quantitative estimate of drug-likeness (QED) is 0.260. The minimum Gasteiger partial charge on any atom is -0.487 e. The molecular formula is C19H14Cl2N2O3S. The molecule has 0 atom stereocenters. The van der Waals surface area contributed by atoms with Crippen molar-refractivity contribution in [3.05, 3.63) is 86.0 Å². The molecule has 0 aliphatic heterocycles. The number of benzene rings is 2. The van der Waals surface area contributed by atoms with Gasteiger partial charge in [0.2, 0.25) is 0 Å². The van der Waals surface area contributed by atoms with E-state index >= 15 is 0 Å². The Morgan fingerprint density at radius 2 is 1.93 bits per heavy atom. The van der Waals surface area contributed by atoms with Crippen molar-refractivity contribution in [3.8, 4) is 5.75 Å². The number of thiophene rings is 1. The lowest BCUT2D eigenvalue weighted by Gasteiger charge is -2.09. The van der Waals surface area contributed by atoms with Gasteiger partial charge in [0.1, 0.15) is 17.4 Å². The first-order valence-corrected chi connectivity index (χ1v) is 9.42. The van der Waals surface area contributed by atoms with E-state index < -0.39 is 5.97 Å². The second kappa shape index (κ2) is 8.90. The van der Waals surface area contributed by atoms with Gasteiger partial charge < -0.3 is 15.3 Å². The maximum absolute atomic E-state index is 12.2. The second-order valence-electron chi connectivity index (χ2n) is 5.37. The van der Waals surface area contributed by atoms with Crippen molar-refractivity contribution in [2.75, 3.05) is 0 Å². The van der Waals surface area contributed by atoms with E-state index in [1.807, 2.05) is 17.5 Å². The number of nitrogens with two attached hydrogens (primary N) is 1. The molecule has 0 saturated carbocycles. The third-order valence-electron chi connectivity index (χ3n) is 3.47. The largest absolute Gasteiger partial charge is 0.487 e. The van der Waals surface area contributed by atoms with Crippen molar-refractivity contribution in [3.63, 3.8) is 0 Å². The molecule has 1 aromatic heterocycles. The molecule has 138 valence electrons. The maximum Gasteiger partial charge on any atom is 0.365 e. The number of hydrogen-bond donors (Lipinski definition) is 1. The van der Waals surface area contributed by atoms with Crippen LogP contribution in [0.3, 0.4) is 0 Å². The Morgan fingerprint density at radius 1 is 1.11 bits per heavy atom. The average molecular weight is 421 g/mol. The van der Waals surface area contributed by atoms with Crippen LogP contribution in [0.25, 0.3) is 0 Å². The Kier molecular flexibility index (Phi) is 6.34. The lowest BCUT2D eigenvalue weighted by atomic mass is 10.1. The van der Waals surface area contributed by atoms with Gasteiger partial charge in [-0.25, -0.2) is 4.79 Å². The van der Waals surface area contributed by atoms with E-state index in [0.717, 1.165) is 10.4 Å². The van der Waals surface area contributed by atoms with Gasteiger partial charge in [0.05, 0.1) is 15.5 Å². The van der Waals surface area contributed by atoms with Crippen LogP contribution in [-0.4, -0.2) is 11.8 Å². The molecule has 8 heteroatoms. The van der Waals surface area contributed by atoms with Crippen molar-refractivity contribution in [2.45, 2.75) is 6.61 Å². The molecule has 0 aliphatic rings. The fourth-order valence-electron chi connectivity index (χ4n) is 2.16. The Labute approximate surface area is 169 Å². The fraction of sp³-hybridized carbons (Fsp3) is 0.0526. The summed E-state index contributed by atoms with van der Waals surface area (Å²) >= 11 is 13.5. The van der Waals surface area contributed by atoms with Gasteiger partial charge in [-0.05, 0) is 41.3 Å². The molecule has 1 heterocycles. The number of carbonyl (C=O) groups is 1. The van der Waals surface area contributed by atoms with Crippen LogP contribution >= 0.6 is 34.5 Å². The van der Waals surface area contributed by atoms with Gasteiger partial charge in [0.25, 0.3) is 0 Å². The molecule has 0 aliphatic carbocycles. The zero-order valence-electron chi connectivity index (χ0n) is 13.9. The molecular weight excluding hydrogens is 407 g/mol. The monoisotopic (exact) mass is 420 g/mol. The molecule has 0 radical (unpaired) electrons. The van der Waals surface area contributed by atoms with Gasteiger partial charge in [0.15, 0.2) is 5.84 Å². The molecule has 5 nitrogen and oxygen atoms in total. The van der Waals surface area contributed by atoms with Crippen molar-refractivity contribution < 1.29 is 14.4 Å². The first-order valence-electron chi connectivity index (χ1n) is 7.79. The molecule has 27 heavy (non-hydrogen) atoms. The first-order chi connectivity index (χ1) is 13.0. The molecule has 2 aromatic carbocycles. The molecule has 0 bridgehead atoms. The van der Waals surface area contributed by atoms with Crippen LogP contribution in [0.15, 0.2) is 65.1 Å². The standard InChI is InChI=1S/C19H14Cl2N2O3S/c20-14-6-2-7-15(17(14)21)25-11-12-4-1-5-13(10-12)19(24)26-23-18(22)16-8-3-9-27-16/h1-10H,11H2,(H2,22,23). The molecule has 0 fully saturated rings. The highest BCUT2D eigenvalue weighted by Gasteiger charge is 2.10. The molecule has 0 saturated heterocycles. The maximum atomic E-state index is 12.2. The number of oxime groups is 1. The summed E-state index contributed by atoms with van der Waals surface area (Å²) in [6.07, 6.45) is 0. The lowest BCUT2D eigenvalue weighted by molar-refractivity contribution is 0.0516. The van der Waals surface area contributed by atoms with Gasteiger partial charge in [-0.2, -0.15) is 0 Å². The van der Waals surface area contributed by atoms with Gasteiger partial charge in [-0.3, -0.25) is 0 Å². The summed E-state index contributed by atoms with van der Waals surface area (Å²) in [4.78, 5) is 17.8. The van der Waals surface area contributed by atoms with Crippen LogP contribution in [0, 0.1) is 0 Å². The van der Waals surface area contributed by atoms with Crippen molar-refractivity contribution in [1.82, 2.24) is 0 Å². The van der Waals surface area contributed by atoms with E-state index in [-0.39, 0.29) is 12.4 Å². The molecule has 2 N–H and O–H groups in total. The normalized spacial score (nSPS) is 11.3. The Morgan fingerprint density at radius 3 is 2.70 bits per heavy atom. The highest BCUT2D eigenvalue weighted by molar-refractivity contribution is 7.12. The van der Waals surface area contributed by atoms with Crippen LogP contribution in [-0.2, 0) is 11.4 Å². The Balaban J connectivity index is 1.65. The Bertz CT molecular complexity index is 975. The number of hydrogen-bond acceptors (Lipinski definition) is 5. The van der Waals surface area contributed by atoms with Crippen molar-refractivity contribution in [1.29, 1.82) is 0 Å². The van der Waals surface area contributed by atoms with Gasteiger partial charge in [-0.15, -0.1) is 11.3 Å². The summed E-state index contributed by atoms with van der Waals surface area (Å²) in [5.74, 6) is -0.00366. The van der Waals surface area contributed by atoms with Crippen LogP contribution in [0.1, 0.15) is 20.8 Å². The summed E-state index contributed by atoms with van der Waals surface area (Å²) in [7, 11) is 0. The zero-order chi connectivity index (χ0) is 19.2. The smallest absolute Gasteiger partial charge is 0.365 e. The third kappa shape index (κ3) is 5.01. The van der Waals surface area contributed by atoms with Gasteiger partial charge >= 0.3 is 5.97 Å². The van der Waals surface area contributed by atoms with E-state index in [4.69, 9.17) is 38.5 Å². The summed E-state index contributed by atoms with van der Waals surface area (Å²) in [6, 6.07) is 15.6. The van der Waals surface area contributed by atoms with E-state index in [2.05, 4.69) is 5.16 Å². The van der Waals surface area contributed by atoms with Gasteiger partial charge in [-0.1, -0.05) is 52.6 Å². The molecule has 3 aromatic rings. The highest BCUT2D eigenvalue weighted by atomic mass is 35.5. The van der Waals surface area contributed by atoms with E-state index in [9.17, 15) is 4.79 Å². The van der Waals surface area contributed by atoms with Crippen molar-refractivity contribution in [2.24, 2.45) is 10.9 Å². The number of carbonyl (C=O) groups excluding carboxylic acids is 1. The summed E-state index contributed by atoms with van der Waals surface area (Å²) in [6.45, 7) is 0.210. The first kappa shape index (κ1) is 19.2. The second-order valence-corrected chi connectivity index (χ2v) is 7.11. The summed E-state index contributed by atoms with van der Waals surface area (Å²) in [5.41, 5.74) is 6.86. The minimum atomic E-state index is -0.614. The van der Waals surface area contributed by atoms with E-state index in [0.29, 0.717) is 21.4 Å². The number of ether oxygens (including phenoxy) is 1.